The number of hydrogen-bond donors (Lipinski definition) is 3. The minimum Gasteiger partial charge on any atom is -0.481 e. The average Bonchev–Trinajstić information content (AvgIpc) is 3.09. The van der Waals surface area contributed by atoms with Gasteiger partial charge in [-0.25, -0.2) is 4.79 Å². The number of carbonyl (C=O) groups excluding carboxylic acids is 2. The number of amides is 2. The van der Waals surface area contributed by atoms with Gasteiger partial charge in [0.1, 0.15) is 12.6 Å². The Morgan fingerprint density at radius 1 is 1.06 bits per heavy atom. The highest BCUT2D eigenvalue weighted by molar-refractivity contribution is 5.87. The number of benzene rings is 2. The summed E-state index contributed by atoms with van der Waals surface area (Å²) in [6.07, 6.45) is 1.16. The number of hydrogen-bond acceptors (Lipinski definition) is 5. The second-order valence-corrected chi connectivity index (χ2v) is 8.67. The van der Waals surface area contributed by atoms with E-state index >= 15 is 0 Å². The van der Waals surface area contributed by atoms with Gasteiger partial charge in [0.15, 0.2) is 0 Å². The Morgan fingerprint density at radius 2 is 1.67 bits per heavy atom. The van der Waals surface area contributed by atoms with Crippen molar-refractivity contribution in [1.82, 2.24) is 10.6 Å². The van der Waals surface area contributed by atoms with Gasteiger partial charge in [-0.05, 0) is 41.5 Å². The van der Waals surface area contributed by atoms with Crippen LogP contribution in [-0.4, -0.2) is 55.0 Å². The maximum absolute atomic E-state index is 12.8. The van der Waals surface area contributed by atoms with Crippen LogP contribution in [0.25, 0.3) is 11.1 Å². The van der Waals surface area contributed by atoms with E-state index in [-0.39, 0.29) is 25.6 Å². The summed E-state index contributed by atoms with van der Waals surface area (Å²) in [5, 5.41) is 14.5. The van der Waals surface area contributed by atoms with Gasteiger partial charge in [0.2, 0.25) is 5.91 Å². The molecule has 8 nitrogen and oxygen atoms in total. The Morgan fingerprint density at radius 3 is 2.18 bits per heavy atom. The van der Waals surface area contributed by atoms with E-state index in [9.17, 15) is 14.4 Å². The molecule has 0 heterocycles. The molecule has 174 valence electrons. The fourth-order valence-electron chi connectivity index (χ4n) is 4.72. The third kappa shape index (κ3) is 4.85. The molecular weight excluding hydrogens is 424 g/mol. The zero-order valence-electron chi connectivity index (χ0n) is 18.5. The number of carbonyl (C=O) groups is 3. The van der Waals surface area contributed by atoms with Crippen LogP contribution in [0.1, 0.15) is 42.7 Å². The fraction of sp³-hybridized carbons (Fsp3) is 0.400. The molecule has 2 aliphatic rings. The molecule has 1 fully saturated rings. The molecule has 0 aromatic heterocycles. The predicted molar refractivity (Wildman–Crippen MR) is 121 cm³/mol. The normalized spacial score (nSPS) is 16.6. The molecule has 8 heteroatoms. The van der Waals surface area contributed by atoms with E-state index in [1.165, 1.54) is 7.11 Å². The first-order valence-corrected chi connectivity index (χ1v) is 11.1. The number of carboxylic acids is 1. The third-order valence-electron chi connectivity index (χ3n) is 6.47. The van der Waals surface area contributed by atoms with Gasteiger partial charge in [-0.1, -0.05) is 48.5 Å². The van der Waals surface area contributed by atoms with E-state index < -0.39 is 29.6 Å². The minimum atomic E-state index is -0.989. The number of ether oxygens (including phenoxy) is 2. The summed E-state index contributed by atoms with van der Waals surface area (Å²) in [6, 6.07) is 15.1. The molecule has 0 radical (unpaired) electrons. The predicted octanol–water partition coefficient (Wildman–Crippen LogP) is 3.05. The second-order valence-electron chi connectivity index (χ2n) is 8.67. The van der Waals surface area contributed by atoms with Crippen molar-refractivity contribution in [3.8, 4) is 11.1 Å². The van der Waals surface area contributed by atoms with E-state index in [1.807, 2.05) is 36.4 Å². The summed E-state index contributed by atoms with van der Waals surface area (Å²) < 4.78 is 10.6. The van der Waals surface area contributed by atoms with Crippen molar-refractivity contribution in [1.29, 1.82) is 0 Å². The number of aliphatic carboxylic acids is 1. The maximum Gasteiger partial charge on any atom is 0.407 e. The number of fused-ring (bicyclic) bond motifs is 3. The van der Waals surface area contributed by atoms with Crippen LogP contribution in [0, 0.1) is 0 Å². The van der Waals surface area contributed by atoms with Gasteiger partial charge in [-0.2, -0.15) is 0 Å². The third-order valence-corrected chi connectivity index (χ3v) is 6.47. The molecule has 2 amide bonds. The SMILES string of the molecule is COC[C@H](NC(=O)OCC1c2ccccc2-c2ccccc21)C(=O)NC1(CC(=O)O)CCC1. The van der Waals surface area contributed by atoms with Gasteiger partial charge in [-0.3, -0.25) is 9.59 Å². The van der Waals surface area contributed by atoms with Crippen molar-refractivity contribution in [3.63, 3.8) is 0 Å². The summed E-state index contributed by atoms with van der Waals surface area (Å²) in [4.78, 5) is 36.6. The van der Waals surface area contributed by atoms with Crippen molar-refractivity contribution in [3.05, 3.63) is 59.7 Å². The van der Waals surface area contributed by atoms with Crippen LogP contribution in [0.5, 0.6) is 0 Å². The molecule has 1 atom stereocenters. The first kappa shape index (κ1) is 22.8. The van der Waals surface area contributed by atoms with Gasteiger partial charge in [0.05, 0.1) is 18.6 Å². The Bertz CT molecular complexity index is 1000. The van der Waals surface area contributed by atoms with Crippen LogP contribution in [0.2, 0.25) is 0 Å². The van der Waals surface area contributed by atoms with E-state index in [1.54, 1.807) is 0 Å². The van der Waals surface area contributed by atoms with Crippen molar-refractivity contribution in [2.24, 2.45) is 0 Å². The number of nitrogens with one attached hydrogen (secondary N) is 2. The molecule has 0 aliphatic heterocycles. The van der Waals surface area contributed by atoms with Gasteiger partial charge in [-0.15, -0.1) is 0 Å². The lowest BCUT2D eigenvalue weighted by atomic mass is 9.74. The first-order chi connectivity index (χ1) is 15.9. The number of carboxylic acid groups (broad SMARTS) is 1. The van der Waals surface area contributed by atoms with Crippen LogP contribution in [0.15, 0.2) is 48.5 Å². The van der Waals surface area contributed by atoms with Crippen LogP contribution < -0.4 is 10.6 Å². The zero-order chi connectivity index (χ0) is 23.4. The Labute approximate surface area is 192 Å². The first-order valence-electron chi connectivity index (χ1n) is 11.1. The minimum absolute atomic E-state index is 0.0564. The van der Waals surface area contributed by atoms with Crippen molar-refractivity contribution in [2.75, 3.05) is 20.3 Å². The Kier molecular flexibility index (Phi) is 6.65. The van der Waals surface area contributed by atoms with Crippen molar-refractivity contribution >= 4 is 18.0 Å². The Balaban J connectivity index is 1.39. The van der Waals surface area contributed by atoms with E-state index in [0.717, 1.165) is 28.7 Å². The molecule has 3 N–H and O–H groups in total. The van der Waals surface area contributed by atoms with Crippen LogP contribution in [0.3, 0.4) is 0 Å². The number of rotatable bonds is 9. The standard InChI is InChI=1S/C25H28N2O6/c1-32-15-21(23(30)27-25(11-6-12-25)13-22(28)29)26-24(31)33-14-20-18-9-4-2-7-16(18)17-8-3-5-10-19(17)20/h2-5,7-10,20-21H,6,11-15H2,1H3,(H,26,31)(H,27,30)(H,28,29)/t21-/m0/s1. The van der Waals surface area contributed by atoms with Gasteiger partial charge >= 0.3 is 12.1 Å². The largest absolute Gasteiger partial charge is 0.481 e. The van der Waals surface area contributed by atoms with E-state index in [4.69, 9.17) is 14.6 Å². The van der Waals surface area contributed by atoms with Gasteiger partial charge < -0.3 is 25.2 Å². The highest BCUT2D eigenvalue weighted by atomic mass is 16.5. The van der Waals surface area contributed by atoms with Crippen LogP contribution in [-0.2, 0) is 19.1 Å². The van der Waals surface area contributed by atoms with Crippen LogP contribution >= 0.6 is 0 Å². The molecule has 0 bridgehead atoms. The monoisotopic (exact) mass is 452 g/mol. The topological polar surface area (TPSA) is 114 Å². The zero-order valence-corrected chi connectivity index (χ0v) is 18.5. The molecule has 0 spiro atoms. The fourth-order valence-corrected chi connectivity index (χ4v) is 4.72. The van der Waals surface area contributed by atoms with Crippen molar-refractivity contribution < 1.29 is 29.0 Å². The summed E-state index contributed by atoms with van der Waals surface area (Å²) in [7, 11) is 1.43. The Hall–Kier alpha value is -3.39. The van der Waals surface area contributed by atoms with Crippen molar-refractivity contribution in [2.45, 2.75) is 43.2 Å². The summed E-state index contributed by atoms with van der Waals surface area (Å²) >= 11 is 0. The molecule has 0 saturated heterocycles. The van der Waals surface area contributed by atoms with E-state index in [2.05, 4.69) is 22.8 Å². The van der Waals surface area contributed by atoms with E-state index in [0.29, 0.717) is 12.8 Å². The molecular formula is C25H28N2O6. The molecule has 1 saturated carbocycles. The summed E-state index contributed by atoms with van der Waals surface area (Å²) in [6.45, 7) is 0.0727. The highest BCUT2D eigenvalue weighted by Crippen LogP contribution is 2.44. The number of methoxy groups -OCH3 is 1. The highest BCUT2D eigenvalue weighted by Gasteiger charge is 2.41. The van der Waals surface area contributed by atoms with Gasteiger partial charge in [0.25, 0.3) is 0 Å². The maximum atomic E-state index is 12.8. The summed E-state index contributed by atoms with van der Waals surface area (Å²) in [5.41, 5.74) is 3.68. The lowest BCUT2D eigenvalue weighted by Crippen LogP contribution is -2.60. The molecule has 2 aromatic rings. The van der Waals surface area contributed by atoms with Crippen LogP contribution in [0.4, 0.5) is 4.79 Å². The molecule has 2 aliphatic carbocycles. The molecule has 0 unspecified atom stereocenters. The number of alkyl carbamates (subject to hydrolysis) is 1. The summed E-state index contributed by atoms with van der Waals surface area (Å²) in [5.74, 6) is -1.54. The quantitative estimate of drug-likeness (QED) is 0.539. The lowest BCUT2D eigenvalue weighted by molar-refractivity contribution is -0.140. The van der Waals surface area contributed by atoms with Gasteiger partial charge in [0, 0.05) is 13.0 Å². The smallest absolute Gasteiger partial charge is 0.407 e. The molecule has 33 heavy (non-hydrogen) atoms. The second kappa shape index (κ2) is 9.62. The lowest BCUT2D eigenvalue weighted by Gasteiger charge is -2.42. The average molecular weight is 453 g/mol. The molecule has 2 aromatic carbocycles. The molecule has 4 rings (SSSR count).